The first kappa shape index (κ1) is 15.5. The van der Waals surface area contributed by atoms with Crippen LogP contribution in [0.25, 0.3) is 0 Å². The number of aliphatic carboxylic acids is 1. The van der Waals surface area contributed by atoms with Crippen LogP contribution in [0.1, 0.15) is 43.9 Å². The number of carboxylic acid groups (broad SMARTS) is 1. The Kier molecular flexibility index (Phi) is 4.66. The van der Waals surface area contributed by atoms with Gasteiger partial charge in [0.15, 0.2) is 0 Å². The van der Waals surface area contributed by atoms with Crippen LogP contribution in [0.2, 0.25) is 0 Å². The normalized spacial score (nSPS) is 26.3. The number of rotatable bonds is 4. The number of carbonyl (C=O) groups is 2. The fourth-order valence-corrected chi connectivity index (χ4v) is 3.20. The summed E-state index contributed by atoms with van der Waals surface area (Å²) >= 11 is 0. The molecule has 1 saturated carbocycles. The predicted molar refractivity (Wildman–Crippen MR) is 80.8 cm³/mol. The van der Waals surface area contributed by atoms with Crippen molar-refractivity contribution in [1.82, 2.24) is 5.32 Å². The van der Waals surface area contributed by atoms with E-state index in [2.05, 4.69) is 5.32 Å². The Hall–Kier alpha value is -1.84. The number of carboxylic acids is 1. The Morgan fingerprint density at radius 1 is 1.29 bits per heavy atom. The quantitative estimate of drug-likeness (QED) is 0.895. The second-order valence-corrected chi connectivity index (χ2v) is 6.27. The van der Waals surface area contributed by atoms with E-state index in [9.17, 15) is 14.7 Å². The number of nitrogens with one attached hydrogen (secondary N) is 1. The average molecular weight is 289 g/mol. The van der Waals surface area contributed by atoms with Gasteiger partial charge < -0.3 is 10.4 Å². The van der Waals surface area contributed by atoms with E-state index in [0.29, 0.717) is 12.8 Å². The first-order valence-electron chi connectivity index (χ1n) is 7.48. The molecule has 21 heavy (non-hydrogen) atoms. The van der Waals surface area contributed by atoms with Gasteiger partial charge in [-0.3, -0.25) is 9.59 Å². The summed E-state index contributed by atoms with van der Waals surface area (Å²) in [5.41, 5.74) is 2.19. The molecule has 0 bridgehead atoms. The maximum absolute atomic E-state index is 12.4. The highest BCUT2D eigenvalue weighted by atomic mass is 16.4. The molecule has 0 aliphatic heterocycles. The van der Waals surface area contributed by atoms with Crippen molar-refractivity contribution in [2.75, 3.05) is 0 Å². The maximum atomic E-state index is 12.4. The third kappa shape index (κ3) is 3.63. The van der Waals surface area contributed by atoms with Gasteiger partial charge in [-0.2, -0.15) is 0 Å². The second kappa shape index (κ2) is 6.29. The van der Waals surface area contributed by atoms with E-state index in [-0.39, 0.29) is 17.9 Å². The third-order valence-corrected chi connectivity index (χ3v) is 4.35. The molecule has 4 atom stereocenters. The fraction of sp³-hybridized carbons (Fsp3) is 0.529. The van der Waals surface area contributed by atoms with Gasteiger partial charge in [-0.05, 0) is 38.2 Å². The van der Waals surface area contributed by atoms with E-state index in [0.717, 1.165) is 11.1 Å². The number of hydrogen-bond acceptors (Lipinski definition) is 2. The van der Waals surface area contributed by atoms with E-state index in [1.807, 2.05) is 45.0 Å². The van der Waals surface area contributed by atoms with Crippen molar-refractivity contribution in [2.24, 2.45) is 17.8 Å². The fourth-order valence-electron chi connectivity index (χ4n) is 3.20. The summed E-state index contributed by atoms with van der Waals surface area (Å²) in [5, 5.41) is 12.2. The molecule has 2 N–H and O–H groups in total. The smallest absolute Gasteiger partial charge is 0.307 e. The molecule has 3 unspecified atom stereocenters. The van der Waals surface area contributed by atoms with Gasteiger partial charge in [0.05, 0.1) is 17.9 Å². The molecule has 4 nitrogen and oxygen atoms in total. The van der Waals surface area contributed by atoms with E-state index < -0.39 is 17.8 Å². The topological polar surface area (TPSA) is 66.4 Å². The lowest BCUT2D eigenvalue weighted by Gasteiger charge is -2.20. The first-order chi connectivity index (χ1) is 9.88. The average Bonchev–Trinajstić information content (AvgIpc) is 2.81. The Bertz CT molecular complexity index is 541. The molecule has 4 heteroatoms. The SMILES string of the molecule is Cc1cccc([C@H](C)NC(=O)C2CC(C)CC2C(=O)O)c1. The van der Waals surface area contributed by atoms with Crippen LogP contribution in [0, 0.1) is 24.7 Å². The zero-order valence-corrected chi connectivity index (χ0v) is 12.8. The Labute approximate surface area is 125 Å². The van der Waals surface area contributed by atoms with Gasteiger partial charge in [0.2, 0.25) is 5.91 Å². The van der Waals surface area contributed by atoms with Crippen molar-refractivity contribution < 1.29 is 14.7 Å². The highest BCUT2D eigenvalue weighted by Gasteiger charge is 2.41. The van der Waals surface area contributed by atoms with Crippen molar-refractivity contribution >= 4 is 11.9 Å². The largest absolute Gasteiger partial charge is 0.481 e. The molecule has 1 amide bonds. The van der Waals surface area contributed by atoms with Crippen molar-refractivity contribution in [3.63, 3.8) is 0 Å². The lowest BCUT2D eigenvalue weighted by Crippen LogP contribution is -2.36. The highest BCUT2D eigenvalue weighted by molar-refractivity contribution is 5.85. The minimum absolute atomic E-state index is 0.109. The monoisotopic (exact) mass is 289 g/mol. The molecular formula is C17H23NO3. The molecule has 0 heterocycles. The van der Waals surface area contributed by atoms with Crippen molar-refractivity contribution in [3.8, 4) is 0 Å². The zero-order chi connectivity index (χ0) is 15.6. The number of amides is 1. The molecular weight excluding hydrogens is 266 g/mol. The maximum Gasteiger partial charge on any atom is 0.307 e. The zero-order valence-electron chi connectivity index (χ0n) is 12.8. The number of benzene rings is 1. The summed E-state index contributed by atoms with van der Waals surface area (Å²) < 4.78 is 0. The predicted octanol–water partition coefficient (Wildman–Crippen LogP) is 2.92. The summed E-state index contributed by atoms with van der Waals surface area (Å²) in [6.07, 6.45) is 1.25. The molecule has 0 radical (unpaired) electrons. The highest BCUT2D eigenvalue weighted by Crippen LogP contribution is 2.36. The molecule has 0 aromatic heterocycles. The van der Waals surface area contributed by atoms with Crippen LogP contribution in [0.5, 0.6) is 0 Å². The summed E-state index contributed by atoms with van der Waals surface area (Å²) in [6, 6.07) is 7.88. The van der Waals surface area contributed by atoms with E-state index in [1.165, 1.54) is 0 Å². The molecule has 1 fully saturated rings. The standard InChI is InChI=1S/C17H23NO3/c1-10-5-4-6-13(7-10)12(3)18-16(19)14-8-11(2)9-15(14)17(20)21/h4-7,11-12,14-15H,8-9H2,1-3H3,(H,18,19)(H,20,21)/t11?,12-,14?,15?/m0/s1. The number of hydrogen-bond donors (Lipinski definition) is 2. The lowest BCUT2D eigenvalue weighted by atomic mass is 9.94. The van der Waals surface area contributed by atoms with Crippen LogP contribution >= 0.6 is 0 Å². The van der Waals surface area contributed by atoms with Gasteiger partial charge in [0, 0.05) is 0 Å². The molecule has 0 spiro atoms. The molecule has 2 rings (SSSR count). The van der Waals surface area contributed by atoms with Gasteiger partial charge in [-0.25, -0.2) is 0 Å². The first-order valence-corrected chi connectivity index (χ1v) is 7.48. The van der Waals surface area contributed by atoms with Gasteiger partial charge in [0.1, 0.15) is 0 Å². The Morgan fingerprint density at radius 3 is 2.57 bits per heavy atom. The Balaban J connectivity index is 2.05. The number of aryl methyl sites for hydroxylation is 1. The van der Waals surface area contributed by atoms with Crippen LogP contribution in [0.15, 0.2) is 24.3 Å². The minimum Gasteiger partial charge on any atom is -0.481 e. The van der Waals surface area contributed by atoms with Crippen LogP contribution in [0.3, 0.4) is 0 Å². The summed E-state index contributed by atoms with van der Waals surface area (Å²) in [5.74, 6) is -1.67. The lowest BCUT2D eigenvalue weighted by molar-refractivity contribution is -0.146. The van der Waals surface area contributed by atoms with E-state index in [4.69, 9.17) is 0 Å². The molecule has 1 aromatic rings. The Morgan fingerprint density at radius 2 is 1.95 bits per heavy atom. The van der Waals surface area contributed by atoms with Crippen LogP contribution in [-0.4, -0.2) is 17.0 Å². The molecule has 1 aliphatic carbocycles. The third-order valence-electron chi connectivity index (χ3n) is 4.35. The van der Waals surface area contributed by atoms with Crippen LogP contribution in [-0.2, 0) is 9.59 Å². The van der Waals surface area contributed by atoms with Gasteiger partial charge in [0.25, 0.3) is 0 Å². The van der Waals surface area contributed by atoms with E-state index in [1.54, 1.807) is 0 Å². The van der Waals surface area contributed by atoms with E-state index >= 15 is 0 Å². The molecule has 114 valence electrons. The van der Waals surface area contributed by atoms with Crippen molar-refractivity contribution in [3.05, 3.63) is 35.4 Å². The second-order valence-electron chi connectivity index (χ2n) is 6.27. The van der Waals surface area contributed by atoms with Gasteiger partial charge in [-0.15, -0.1) is 0 Å². The van der Waals surface area contributed by atoms with Crippen LogP contribution in [0.4, 0.5) is 0 Å². The minimum atomic E-state index is -0.859. The summed E-state index contributed by atoms with van der Waals surface area (Å²) in [4.78, 5) is 23.7. The van der Waals surface area contributed by atoms with Gasteiger partial charge >= 0.3 is 5.97 Å². The van der Waals surface area contributed by atoms with Crippen molar-refractivity contribution in [1.29, 1.82) is 0 Å². The summed E-state index contributed by atoms with van der Waals surface area (Å²) in [6.45, 7) is 5.95. The molecule has 0 saturated heterocycles. The number of carbonyl (C=O) groups excluding carboxylic acids is 1. The van der Waals surface area contributed by atoms with Crippen molar-refractivity contribution in [2.45, 2.75) is 39.7 Å². The van der Waals surface area contributed by atoms with Gasteiger partial charge in [-0.1, -0.05) is 36.8 Å². The summed E-state index contributed by atoms with van der Waals surface area (Å²) in [7, 11) is 0. The molecule has 1 aromatic carbocycles. The molecule has 1 aliphatic rings. The van der Waals surface area contributed by atoms with Crippen LogP contribution < -0.4 is 5.32 Å².